The Labute approximate surface area is 198 Å². The molecule has 0 N–H and O–H groups in total. The molecule has 0 aromatic heterocycles. The van der Waals surface area contributed by atoms with Crippen molar-refractivity contribution in [2.45, 2.75) is 27.7 Å². The van der Waals surface area contributed by atoms with Gasteiger partial charge in [0.2, 0.25) is 0 Å². The van der Waals surface area contributed by atoms with Gasteiger partial charge >= 0.3 is 0 Å². The number of benzene rings is 4. The van der Waals surface area contributed by atoms with Crippen molar-refractivity contribution < 1.29 is 0 Å². The van der Waals surface area contributed by atoms with Gasteiger partial charge in [-0.2, -0.15) is 0 Å². The van der Waals surface area contributed by atoms with Gasteiger partial charge in [-0.15, -0.1) is 0 Å². The maximum atomic E-state index is 2.23. The maximum Gasteiger partial charge on any atom is 0.0455 e. The first-order valence-corrected chi connectivity index (χ1v) is 11.4. The van der Waals surface area contributed by atoms with Crippen LogP contribution in [0.3, 0.4) is 0 Å². The van der Waals surface area contributed by atoms with E-state index in [2.05, 4.69) is 148 Å². The van der Waals surface area contributed by atoms with Crippen LogP contribution in [0.2, 0.25) is 0 Å². The summed E-state index contributed by atoms with van der Waals surface area (Å²) >= 11 is 0. The quantitative estimate of drug-likeness (QED) is 0.277. The van der Waals surface area contributed by atoms with Gasteiger partial charge in [-0.1, -0.05) is 101 Å². The minimum Gasteiger partial charge on any atom is -0.317 e. The van der Waals surface area contributed by atoms with Gasteiger partial charge in [0.05, 0.1) is 0 Å². The molecule has 0 heterocycles. The van der Waals surface area contributed by atoms with Crippen molar-refractivity contribution in [2.75, 3.05) is 4.90 Å². The Kier molecular flexibility index (Phi) is 6.90. The number of aryl methyl sites for hydroxylation is 4. The summed E-state index contributed by atoms with van der Waals surface area (Å²) < 4.78 is 0. The van der Waals surface area contributed by atoms with Crippen LogP contribution < -0.4 is 4.90 Å². The van der Waals surface area contributed by atoms with Gasteiger partial charge in [-0.25, -0.2) is 0 Å². The second-order valence-corrected chi connectivity index (χ2v) is 8.70. The minimum atomic E-state index is 1.14. The van der Waals surface area contributed by atoms with E-state index in [-0.39, 0.29) is 0 Å². The lowest BCUT2D eigenvalue weighted by molar-refractivity contribution is 1.27. The third-order valence-electron chi connectivity index (χ3n) is 5.85. The van der Waals surface area contributed by atoms with E-state index in [0.717, 1.165) is 11.4 Å². The van der Waals surface area contributed by atoms with Crippen LogP contribution in [0.25, 0.3) is 5.57 Å². The van der Waals surface area contributed by atoms with E-state index in [1.807, 2.05) is 0 Å². The lowest BCUT2D eigenvalue weighted by Crippen LogP contribution is -2.08. The lowest BCUT2D eigenvalue weighted by Gasteiger charge is -2.21. The Balaban J connectivity index is 1.75. The topological polar surface area (TPSA) is 3.24 Å². The molecule has 0 aliphatic carbocycles. The van der Waals surface area contributed by atoms with Crippen molar-refractivity contribution in [3.63, 3.8) is 0 Å². The molecule has 0 aliphatic rings. The number of rotatable bonds is 6. The molecule has 1 nitrogen and oxygen atoms in total. The Bertz CT molecular complexity index is 1150. The molecule has 0 aliphatic heterocycles. The van der Waals surface area contributed by atoms with Gasteiger partial charge in [0.1, 0.15) is 0 Å². The normalized spacial score (nSPS) is 10.9. The van der Waals surface area contributed by atoms with E-state index in [0.29, 0.717) is 0 Å². The maximum absolute atomic E-state index is 2.23. The highest BCUT2D eigenvalue weighted by molar-refractivity contribution is 5.81. The number of nitrogens with zero attached hydrogens (tertiary/aromatic N) is 1. The third-order valence-corrected chi connectivity index (χ3v) is 5.85. The van der Waals surface area contributed by atoms with E-state index in [4.69, 9.17) is 0 Å². The van der Waals surface area contributed by atoms with Gasteiger partial charge < -0.3 is 4.90 Å². The number of hydrogen-bond donors (Lipinski definition) is 0. The summed E-state index contributed by atoms with van der Waals surface area (Å²) in [6.45, 7) is 8.49. The van der Waals surface area contributed by atoms with E-state index < -0.39 is 0 Å². The van der Waals surface area contributed by atoms with Crippen molar-refractivity contribution in [3.05, 3.63) is 149 Å². The second kappa shape index (κ2) is 10.2. The average molecular weight is 430 g/mol. The number of hydrogen-bond acceptors (Lipinski definition) is 1. The number of anilines is 2. The zero-order chi connectivity index (χ0) is 23.2. The van der Waals surface area contributed by atoms with E-state index in [1.165, 1.54) is 39.0 Å². The second-order valence-electron chi connectivity index (χ2n) is 8.70. The van der Waals surface area contributed by atoms with Gasteiger partial charge in [0.25, 0.3) is 0 Å². The predicted octanol–water partition coefficient (Wildman–Crippen LogP) is 8.70. The first-order valence-electron chi connectivity index (χ1n) is 11.4. The molecule has 4 aromatic rings. The minimum absolute atomic E-state index is 1.14. The van der Waals surface area contributed by atoms with Crippen LogP contribution in [0.4, 0.5) is 11.4 Å². The van der Waals surface area contributed by atoms with E-state index >= 15 is 0 Å². The molecule has 0 bridgehead atoms. The first-order chi connectivity index (χ1) is 16.0. The number of allylic oxidation sites excluding steroid dienone is 2. The summed E-state index contributed by atoms with van der Waals surface area (Å²) in [7, 11) is 0. The zero-order valence-corrected chi connectivity index (χ0v) is 19.9. The molecule has 0 unspecified atom stereocenters. The van der Waals surface area contributed by atoms with Crippen LogP contribution in [0.5, 0.6) is 0 Å². The van der Waals surface area contributed by atoms with Crippen LogP contribution in [0, 0.1) is 27.7 Å². The van der Waals surface area contributed by atoms with Gasteiger partial charge in [0.15, 0.2) is 0 Å². The van der Waals surface area contributed by atoms with Gasteiger partial charge in [-0.05, 0) is 74.7 Å². The summed E-state index contributed by atoms with van der Waals surface area (Å²) in [5.41, 5.74) is 11.0. The summed E-state index contributed by atoms with van der Waals surface area (Å²) in [6.07, 6.45) is 6.51. The highest BCUT2D eigenvalue weighted by Gasteiger charge is 2.07. The van der Waals surface area contributed by atoms with Gasteiger partial charge in [0, 0.05) is 17.6 Å². The van der Waals surface area contributed by atoms with Crippen LogP contribution in [-0.4, -0.2) is 0 Å². The molecule has 4 rings (SSSR count). The zero-order valence-electron chi connectivity index (χ0n) is 19.9. The molecule has 0 radical (unpaired) electrons. The standard InChI is InChI=1S/C32H31N/c1-24-7-15-28(16-8-24)32(29-17-9-25(2)10-18-29)6-5-23-33(30-19-11-26(3)12-20-30)31-21-13-27(4)14-22-31/h5-23H,1-4H3. The van der Waals surface area contributed by atoms with Crippen molar-refractivity contribution in [2.24, 2.45) is 0 Å². The van der Waals surface area contributed by atoms with Crippen LogP contribution in [-0.2, 0) is 0 Å². The van der Waals surface area contributed by atoms with Crippen LogP contribution in [0.1, 0.15) is 33.4 Å². The van der Waals surface area contributed by atoms with Crippen molar-refractivity contribution in [3.8, 4) is 0 Å². The molecule has 0 atom stereocenters. The molecule has 0 spiro atoms. The van der Waals surface area contributed by atoms with Gasteiger partial charge in [-0.3, -0.25) is 0 Å². The summed E-state index contributed by atoms with van der Waals surface area (Å²) in [5, 5.41) is 0. The van der Waals surface area contributed by atoms with Crippen LogP contribution >= 0.6 is 0 Å². The Morgan fingerprint density at radius 1 is 0.485 bits per heavy atom. The molecule has 33 heavy (non-hydrogen) atoms. The molecular weight excluding hydrogens is 398 g/mol. The predicted molar refractivity (Wildman–Crippen MR) is 143 cm³/mol. The molecule has 4 aromatic carbocycles. The SMILES string of the molecule is Cc1ccc(C(=CC=CN(c2ccc(C)cc2)c2ccc(C)cc2)c2ccc(C)cc2)cc1. The lowest BCUT2D eigenvalue weighted by atomic mass is 9.96. The van der Waals surface area contributed by atoms with Crippen molar-refractivity contribution in [1.29, 1.82) is 0 Å². The van der Waals surface area contributed by atoms with Crippen molar-refractivity contribution >= 4 is 16.9 Å². The largest absolute Gasteiger partial charge is 0.317 e. The first kappa shape index (κ1) is 22.4. The molecule has 0 amide bonds. The molecular formula is C32H31N. The average Bonchev–Trinajstić information content (AvgIpc) is 2.82. The Morgan fingerprint density at radius 2 is 0.818 bits per heavy atom. The van der Waals surface area contributed by atoms with Crippen molar-refractivity contribution in [1.82, 2.24) is 0 Å². The van der Waals surface area contributed by atoms with Crippen LogP contribution in [0.15, 0.2) is 115 Å². The fourth-order valence-corrected chi connectivity index (χ4v) is 3.78. The molecule has 0 fully saturated rings. The monoisotopic (exact) mass is 429 g/mol. The van der Waals surface area contributed by atoms with E-state index in [1.54, 1.807) is 0 Å². The van der Waals surface area contributed by atoms with E-state index in [9.17, 15) is 0 Å². The fourth-order valence-electron chi connectivity index (χ4n) is 3.78. The molecule has 1 heteroatoms. The highest BCUT2D eigenvalue weighted by atomic mass is 15.1. The highest BCUT2D eigenvalue weighted by Crippen LogP contribution is 2.28. The summed E-state index contributed by atoms with van der Waals surface area (Å²) in [4.78, 5) is 2.23. The Morgan fingerprint density at radius 3 is 1.18 bits per heavy atom. The Hall–Kier alpha value is -3.84. The molecule has 164 valence electrons. The fraction of sp³-hybridized carbons (Fsp3) is 0.125. The molecule has 0 saturated heterocycles. The summed E-state index contributed by atoms with van der Waals surface area (Å²) in [6, 6.07) is 34.8. The summed E-state index contributed by atoms with van der Waals surface area (Å²) in [5.74, 6) is 0. The molecule has 0 saturated carbocycles. The third kappa shape index (κ3) is 5.70. The smallest absolute Gasteiger partial charge is 0.0455 e.